The maximum absolute atomic E-state index is 4.85. The second kappa shape index (κ2) is 14.6. The van der Waals surface area contributed by atoms with Gasteiger partial charge in [0.25, 0.3) is 0 Å². The van der Waals surface area contributed by atoms with E-state index in [2.05, 4.69) is 92.2 Å². The molecule has 0 radical (unpaired) electrons. The number of allylic oxidation sites excluding steroid dienone is 2. The van der Waals surface area contributed by atoms with Gasteiger partial charge in [0.1, 0.15) is 0 Å². The van der Waals surface area contributed by atoms with Gasteiger partial charge in [-0.25, -0.2) is 0 Å². The highest BCUT2D eigenvalue weighted by atomic mass is 15.3. The molecular formula is C46H65N5. The SMILES string of the molecule is C=C(C)N1CC(C)C1.C=C(C1CCCCC1)N(CC12CCC(c3ccc(CC)c(C)c3)(CC1)CC2)c1ccnc(-c2cnn(C3(C)CCC3)c2)c1. The highest BCUT2D eigenvalue weighted by molar-refractivity contribution is 5.65. The Kier molecular flexibility index (Phi) is 10.3. The topological polar surface area (TPSA) is 37.2 Å². The van der Waals surface area contributed by atoms with Crippen molar-refractivity contribution in [1.82, 2.24) is 19.7 Å². The lowest BCUT2D eigenvalue weighted by molar-refractivity contribution is 0.0460. The van der Waals surface area contributed by atoms with E-state index < -0.39 is 0 Å². The van der Waals surface area contributed by atoms with Gasteiger partial charge in [-0.3, -0.25) is 9.67 Å². The number of pyridine rings is 1. The van der Waals surface area contributed by atoms with E-state index in [1.54, 1.807) is 5.56 Å². The summed E-state index contributed by atoms with van der Waals surface area (Å²) in [5.74, 6) is 1.49. The first-order chi connectivity index (χ1) is 24.5. The first-order valence-electron chi connectivity index (χ1n) is 20.5. The normalized spacial score (nSPS) is 25.7. The molecule has 2 aromatic heterocycles. The molecule has 2 bridgehead atoms. The summed E-state index contributed by atoms with van der Waals surface area (Å²) in [6.45, 7) is 23.4. The largest absolute Gasteiger partial charge is 0.375 e. The Balaban J connectivity index is 0.000000450. The van der Waals surface area contributed by atoms with E-state index in [1.165, 1.54) is 131 Å². The van der Waals surface area contributed by atoms with Crippen molar-refractivity contribution in [2.45, 2.75) is 142 Å². The molecule has 0 amide bonds. The monoisotopic (exact) mass is 688 g/mol. The minimum absolute atomic E-state index is 0.171. The molecule has 5 heteroatoms. The zero-order chi connectivity index (χ0) is 35.8. The standard InChI is InChI=1S/C39H52N4.C7H13N/c1-5-31-12-13-34(24-29(31)2)39-20-17-38(18-21-39,19-22-39)28-42(30(3)32-10-7-6-8-11-32)35-14-23-40-36(25-35)33-26-41-43(27-33)37(4)15-9-16-37;1-6(2)8-4-7(3)5-8/h12-14,23-27,32H,3,5-11,15-22,28H2,1-2,4H3;7H,1,4-5H2,2-3H3. The van der Waals surface area contributed by atoms with E-state index in [9.17, 15) is 0 Å². The highest BCUT2D eigenvalue weighted by Crippen LogP contribution is 2.58. The Morgan fingerprint density at radius 2 is 1.63 bits per heavy atom. The first-order valence-corrected chi connectivity index (χ1v) is 20.5. The lowest BCUT2D eigenvalue weighted by Gasteiger charge is -2.55. The Labute approximate surface area is 309 Å². The number of rotatable bonds is 10. The molecule has 3 heterocycles. The average molecular weight is 688 g/mol. The molecule has 274 valence electrons. The second-order valence-electron chi connectivity index (χ2n) is 17.9. The van der Waals surface area contributed by atoms with E-state index in [-0.39, 0.29) is 5.54 Å². The van der Waals surface area contributed by atoms with Gasteiger partial charge in [-0.15, -0.1) is 0 Å². The van der Waals surface area contributed by atoms with Crippen LogP contribution in [0.25, 0.3) is 11.3 Å². The van der Waals surface area contributed by atoms with E-state index in [0.717, 1.165) is 30.1 Å². The van der Waals surface area contributed by atoms with E-state index >= 15 is 0 Å². The zero-order valence-corrected chi connectivity index (χ0v) is 32.7. The minimum Gasteiger partial charge on any atom is -0.375 e. The maximum Gasteiger partial charge on any atom is 0.0754 e. The van der Waals surface area contributed by atoms with Gasteiger partial charge in [-0.1, -0.05) is 64.5 Å². The van der Waals surface area contributed by atoms with Crippen LogP contribution in [0.2, 0.25) is 0 Å². The third kappa shape index (κ3) is 7.33. The van der Waals surface area contributed by atoms with Crippen molar-refractivity contribution >= 4 is 5.69 Å². The van der Waals surface area contributed by atoms with Gasteiger partial charge in [0.2, 0.25) is 0 Å². The molecule has 5 aliphatic carbocycles. The lowest BCUT2D eigenvalue weighted by Crippen LogP contribution is -2.49. The van der Waals surface area contributed by atoms with E-state index in [0.29, 0.717) is 16.7 Å². The molecule has 1 aliphatic heterocycles. The Hall–Kier alpha value is -3.34. The average Bonchev–Trinajstić information content (AvgIpc) is 3.64. The molecule has 3 aromatic rings. The molecule has 1 saturated heterocycles. The van der Waals surface area contributed by atoms with E-state index in [1.807, 2.05) is 12.4 Å². The third-order valence-corrected chi connectivity index (χ3v) is 14.2. The summed E-state index contributed by atoms with van der Waals surface area (Å²) in [6.07, 6.45) is 25.6. The number of fused-ring (bicyclic) bond motifs is 3. The van der Waals surface area contributed by atoms with Crippen LogP contribution in [0.1, 0.15) is 134 Å². The van der Waals surface area contributed by atoms with Crippen LogP contribution < -0.4 is 4.90 Å². The van der Waals surface area contributed by atoms with Crippen molar-refractivity contribution in [2.24, 2.45) is 17.3 Å². The summed E-state index contributed by atoms with van der Waals surface area (Å²) in [5.41, 5.74) is 11.5. The van der Waals surface area contributed by atoms with E-state index in [4.69, 9.17) is 16.7 Å². The van der Waals surface area contributed by atoms with Gasteiger partial charge in [0, 0.05) is 54.7 Å². The molecule has 1 aromatic carbocycles. The lowest BCUT2D eigenvalue weighted by atomic mass is 9.51. The molecular weight excluding hydrogens is 623 g/mol. The summed E-state index contributed by atoms with van der Waals surface area (Å²) in [7, 11) is 0. The van der Waals surface area contributed by atoms with Gasteiger partial charge in [-0.05, 0) is 149 Å². The van der Waals surface area contributed by atoms with Gasteiger partial charge >= 0.3 is 0 Å². The second-order valence-corrected chi connectivity index (χ2v) is 17.9. The van der Waals surface area contributed by atoms with Crippen molar-refractivity contribution < 1.29 is 0 Å². The molecule has 6 aliphatic rings. The number of aromatic nitrogens is 3. The fourth-order valence-corrected chi connectivity index (χ4v) is 10.1. The predicted octanol–water partition coefficient (Wildman–Crippen LogP) is 11.4. The fraction of sp³-hybridized carbons (Fsp3) is 0.609. The third-order valence-electron chi connectivity index (χ3n) is 14.2. The van der Waals surface area contributed by atoms with Gasteiger partial charge in [-0.2, -0.15) is 5.10 Å². The van der Waals surface area contributed by atoms with Crippen LogP contribution in [0, 0.1) is 24.2 Å². The van der Waals surface area contributed by atoms with Crippen LogP contribution in [0.5, 0.6) is 0 Å². The Morgan fingerprint density at radius 1 is 0.922 bits per heavy atom. The molecule has 0 atom stereocenters. The predicted molar refractivity (Wildman–Crippen MR) is 214 cm³/mol. The summed E-state index contributed by atoms with van der Waals surface area (Å²) in [6, 6.07) is 12.0. The smallest absolute Gasteiger partial charge is 0.0754 e. The molecule has 6 fully saturated rings. The van der Waals surface area contributed by atoms with Gasteiger partial charge in [0.05, 0.1) is 17.4 Å². The zero-order valence-electron chi connectivity index (χ0n) is 32.7. The Bertz CT molecular complexity index is 1670. The van der Waals surface area contributed by atoms with Crippen LogP contribution in [-0.2, 0) is 17.4 Å². The van der Waals surface area contributed by atoms with Crippen LogP contribution in [0.4, 0.5) is 5.69 Å². The number of hydrogen-bond donors (Lipinski definition) is 0. The molecule has 5 nitrogen and oxygen atoms in total. The molecule has 0 unspecified atom stereocenters. The summed E-state index contributed by atoms with van der Waals surface area (Å²) in [5, 5.41) is 4.78. The summed E-state index contributed by atoms with van der Waals surface area (Å²) in [4.78, 5) is 9.79. The molecule has 0 spiro atoms. The Morgan fingerprint density at radius 3 is 2.20 bits per heavy atom. The van der Waals surface area contributed by atoms with Crippen molar-refractivity contribution in [1.29, 1.82) is 0 Å². The molecule has 5 saturated carbocycles. The highest BCUT2D eigenvalue weighted by Gasteiger charge is 2.50. The van der Waals surface area contributed by atoms with Crippen molar-refractivity contribution in [3.05, 3.63) is 90.2 Å². The fourth-order valence-electron chi connectivity index (χ4n) is 10.1. The first kappa shape index (κ1) is 36.0. The van der Waals surface area contributed by atoms with Crippen molar-refractivity contribution in [2.75, 3.05) is 24.5 Å². The maximum atomic E-state index is 4.85. The number of aryl methyl sites for hydroxylation is 2. The molecule has 51 heavy (non-hydrogen) atoms. The van der Waals surface area contributed by atoms with Crippen molar-refractivity contribution in [3.63, 3.8) is 0 Å². The number of anilines is 1. The van der Waals surface area contributed by atoms with Crippen LogP contribution in [0.15, 0.2) is 73.5 Å². The number of likely N-dealkylation sites (tertiary alicyclic amines) is 1. The van der Waals surface area contributed by atoms with Crippen LogP contribution >= 0.6 is 0 Å². The quantitative estimate of drug-likeness (QED) is 0.213. The number of benzene rings is 1. The molecule has 0 N–H and O–H groups in total. The van der Waals surface area contributed by atoms with Crippen LogP contribution in [-0.4, -0.2) is 39.3 Å². The van der Waals surface area contributed by atoms with Crippen LogP contribution in [0.3, 0.4) is 0 Å². The number of nitrogens with zero attached hydrogens (tertiary/aromatic N) is 5. The molecule has 9 rings (SSSR count). The van der Waals surface area contributed by atoms with Gasteiger partial charge < -0.3 is 9.80 Å². The van der Waals surface area contributed by atoms with Gasteiger partial charge in [0.15, 0.2) is 0 Å². The van der Waals surface area contributed by atoms with Crippen molar-refractivity contribution in [3.8, 4) is 11.3 Å². The summed E-state index contributed by atoms with van der Waals surface area (Å²) >= 11 is 0. The number of hydrogen-bond acceptors (Lipinski definition) is 4. The summed E-state index contributed by atoms with van der Waals surface area (Å²) < 4.78 is 2.19. The minimum atomic E-state index is 0.171.